The van der Waals surface area contributed by atoms with Crippen LogP contribution in [0.5, 0.6) is 0 Å². The van der Waals surface area contributed by atoms with Crippen molar-refractivity contribution in [2.45, 2.75) is 51.4 Å². The molecule has 2 unspecified atom stereocenters. The predicted octanol–water partition coefficient (Wildman–Crippen LogP) is 1.91. The number of hydrogen-bond donors (Lipinski definition) is 2. The smallest absolute Gasteiger partial charge is 0.214 e. The van der Waals surface area contributed by atoms with Crippen molar-refractivity contribution in [3.05, 3.63) is 35.4 Å². The first-order chi connectivity index (χ1) is 10.4. The molecule has 1 aromatic carbocycles. The summed E-state index contributed by atoms with van der Waals surface area (Å²) in [5.41, 5.74) is 1.80. The highest BCUT2D eigenvalue weighted by molar-refractivity contribution is 7.89. The van der Waals surface area contributed by atoms with Gasteiger partial charge >= 0.3 is 0 Å². The molecule has 1 aliphatic rings. The standard InChI is InChI=1S/C16H25NO4S/c1-12-6-8-14(9-7-12)16(18)13(2)17-22(19,20)11-10-21-15-4-3-5-15/h6-9,13,15-18H,3-5,10-11H2,1-2H3. The van der Waals surface area contributed by atoms with Crippen LogP contribution in [0, 0.1) is 6.92 Å². The number of aliphatic hydroxyl groups is 1. The molecule has 0 aromatic heterocycles. The summed E-state index contributed by atoms with van der Waals surface area (Å²) < 4.78 is 32.0. The molecule has 0 radical (unpaired) electrons. The van der Waals surface area contributed by atoms with Crippen molar-refractivity contribution >= 4 is 10.0 Å². The van der Waals surface area contributed by atoms with Crippen molar-refractivity contribution in [3.8, 4) is 0 Å². The first kappa shape index (κ1) is 17.4. The number of ether oxygens (including phenoxy) is 1. The van der Waals surface area contributed by atoms with Gasteiger partial charge in [0, 0.05) is 6.04 Å². The molecule has 2 rings (SSSR count). The van der Waals surface area contributed by atoms with Crippen LogP contribution in [0.3, 0.4) is 0 Å². The zero-order valence-electron chi connectivity index (χ0n) is 13.2. The van der Waals surface area contributed by atoms with Crippen molar-refractivity contribution in [2.75, 3.05) is 12.4 Å². The first-order valence-electron chi connectivity index (χ1n) is 7.73. The first-order valence-corrected chi connectivity index (χ1v) is 9.39. The quantitative estimate of drug-likeness (QED) is 0.765. The summed E-state index contributed by atoms with van der Waals surface area (Å²) >= 11 is 0. The molecule has 2 N–H and O–H groups in total. The zero-order valence-corrected chi connectivity index (χ0v) is 14.0. The van der Waals surface area contributed by atoms with E-state index < -0.39 is 22.2 Å². The molecular formula is C16H25NO4S. The predicted molar refractivity (Wildman–Crippen MR) is 86.1 cm³/mol. The summed E-state index contributed by atoms with van der Waals surface area (Å²) in [6.07, 6.45) is 2.57. The molecule has 0 saturated heterocycles. The van der Waals surface area contributed by atoms with Gasteiger partial charge in [0.15, 0.2) is 0 Å². The maximum atomic E-state index is 12.0. The third kappa shape index (κ3) is 5.05. The molecule has 1 aliphatic carbocycles. The molecule has 0 spiro atoms. The Morgan fingerprint density at radius 3 is 2.50 bits per heavy atom. The van der Waals surface area contributed by atoms with Crippen molar-refractivity contribution in [1.29, 1.82) is 0 Å². The molecule has 6 heteroatoms. The number of rotatable bonds is 8. The second kappa shape index (κ2) is 7.55. The molecule has 1 saturated carbocycles. The molecule has 1 aromatic rings. The van der Waals surface area contributed by atoms with Gasteiger partial charge in [0.25, 0.3) is 0 Å². The maximum Gasteiger partial charge on any atom is 0.214 e. The topological polar surface area (TPSA) is 75.6 Å². The van der Waals surface area contributed by atoms with Crippen LogP contribution in [0.2, 0.25) is 0 Å². The van der Waals surface area contributed by atoms with Gasteiger partial charge in [0.05, 0.1) is 24.6 Å². The molecule has 0 bridgehead atoms. The third-order valence-electron chi connectivity index (χ3n) is 4.02. The summed E-state index contributed by atoms with van der Waals surface area (Å²) in [4.78, 5) is 0. The van der Waals surface area contributed by atoms with E-state index in [9.17, 15) is 13.5 Å². The Morgan fingerprint density at radius 1 is 1.32 bits per heavy atom. The Kier molecular flexibility index (Phi) is 5.97. The molecule has 0 amide bonds. The van der Waals surface area contributed by atoms with Gasteiger partial charge in [-0.2, -0.15) is 0 Å². The van der Waals surface area contributed by atoms with Gasteiger partial charge < -0.3 is 9.84 Å². The largest absolute Gasteiger partial charge is 0.387 e. The van der Waals surface area contributed by atoms with E-state index in [1.54, 1.807) is 6.92 Å². The minimum atomic E-state index is -3.46. The van der Waals surface area contributed by atoms with E-state index in [4.69, 9.17) is 4.74 Å². The fourth-order valence-electron chi connectivity index (χ4n) is 2.32. The lowest BCUT2D eigenvalue weighted by atomic mass is 9.96. The number of hydrogen-bond acceptors (Lipinski definition) is 4. The van der Waals surface area contributed by atoms with E-state index in [0.717, 1.165) is 24.8 Å². The second-order valence-electron chi connectivity index (χ2n) is 6.00. The summed E-state index contributed by atoms with van der Waals surface area (Å²) in [7, 11) is -3.46. The lowest BCUT2D eigenvalue weighted by Crippen LogP contribution is -2.39. The Labute approximate surface area is 132 Å². The minimum absolute atomic E-state index is 0.0749. The SMILES string of the molecule is Cc1ccc(C(O)C(C)NS(=O)(=O)CCOC2CCC2)cc1. The second-order valence-corrected chi connectivity index (χ2v) is 7.88. The Hall–Kier alpha value is -0.950. The average Bonchev–Trinajstić information content (AvgIpc) is 2.41. The lowest BCUT2D eigenvalue weighted by molar-refractivity contribution is 0.0109. The Morgan fingerprint density at radius 2 is 1.95 bits per heavy atom. The van der Waals surface area contributed by atoms with Crippen LogP contribution in [0.1, 0.15) is 43.4 Å². The highest BCUT2D eigenvalue weighted by Crippen LogP contribution is 2.22. The molecule has 2 atom stereocenters. The molecule has 1 fully saturated rings. The monoisotopic (exact) mass is 327 g/mol. The summed E-state index contributed by atoms with van der Waals surface area (Å²) in [5.74, 6) is -0.0749. The van der Waals surface area contributed by atoms with E-state index >= 15 is 0 Å². The number of benzene rings is 1. The number of sulfonamides is 1. The maximum absolute atomic E-state index is 12.0. The van der Waals surface area contributed by atoms with Gasteiger partial charge in [0.1, 0.15) is 0 Å². The van der Waals surface area contributed by atoms with Gasteiger partial charge in [-0.25, -0.2) is 13.1 Å². The summed E-state index contributed by atoms with van der Waals surface area (Å²) in [5, 5.41) is 10.2. The van der Waals surface area contributed by atoms with Gasteiger partial charge in [-0.15, -0.1) is 0 Å². The minimum Gasteiger partial charge on any atom is -0.387 e. The average molecular weight is 327 g/mol. The van der Waals surface area contributed by atoms with Crippen LogP contribution < -0.4 is 4.72 Å². The van der Waals surface area contributed by atoms with Crippen LogP contribution in [-0.4, -0.2) is 38.0 Å². The van der Waals surface area contributed by atoms with Crippen molar-refractivity contribution in [1.82, 2.24) is 4.72 Å². The van der Waals surface area contributed by atoms with Gasteiger partial charge in [-0.3, -0.25) is 0 Å². The molecule has 22 heavy (non-hydrogen) atoms. The van der Waals surface area contributed by atoms with Crippen LogP contribution in [0.25, 0.3) is 0 Å². The fraction of sp³-hybridized carbons (Fsp3) is 0.625. The normalized spacial score (nSPS) is 18.7. The van der Waals surface area contributed by atoms with E-state index in [2.05, 4.69) is 4.72 Å². The summed E-state index contributed by atoms with van der Waals surface area (Å²) in [6, 6.07) is 6.82. The zero-order chi connectivity index (χ0) is 16.2. The number of aryl methyl sites for hydroxylation is 1. The van der Waals surface area contributed by atoms with Crippen molar-refractivity contribution in [2.24, 2.45) is 0 Å². The van der Waals surface area contributed by atoms with E-state index in [1.807, 2.05) is 31.2 Å². The molecular weight excluding hydrogens is 302 g/mol. The van der Waals surface area contributed by atoms with E-state index in [0.29, 0.717) is 5.56 Å². The van der Waals surface area contributed by atoms with Gasteiger partial charge in [-0.1, -0.05) is 29.8 Å². The van der Waals surface area contributed by atoms with Gasteiger partial charge in [-0.05, 0) is 38.7 Å². The van der Waals surface area contributed by atoms with E-state index in [1.165, 1.54) is 0 Å². The van der Waals surface area contributed by atoms with Gasteiger partial charge in [0.2, 0.25) is 10.0 Å². The molecule has 124 valence electrons. The van der Waals surface area contributed by atoms with Crippen LogP contribution in [0.15, 0.2) is 24.3 Å². The van der Waals surface area contributed by atoms with Crippen LogP contribution in [0.4, 0.5) is 0 Å². The van der Waals surface area contributed by atoms with Crippen LogP contribution in [-0.2, 0) is 14.8 Å². The fourth-order valence-corrected chi connectivity index (χ4v) is 3.45. The van der Waals surface area contributed by atoms with E-state index in [-0.39, 0.29) is 18.5 Å². The summed E-state index contributed by atoms with van der Waals surface area (Å²) in [6.45, 7) is 3.83. The highest BCUT2D eigenvalue weighted by Gasteiger charge is 2.23. The molecule has 5 nitrogen and oxygen atoms in total. The van der Waals surface area contributed by atoms with Crippen molar-refractivity contribution in [3.63, 3.8) is 0 Å². The van der Waals surface area contributed by atoms with Crippen LogP contribution >= 0.6 is 0 Å². The number of nitrogens with one attached hydrogen (secondary N) is 1. The Bertz CT molecular complexity index is 566. The molecule has 0 heterocycles. The molecule has 0 aliphatic heterocycles. The highest BCUT2D eigenvalue weighted by atomic mass is 32.2. The Balaban J connectivity index is 1.83. The lowest BCUT2D eigenvalue weighted by Gasteiger charge is -2.26. The third-order valence-corrected chi connectivity index (χ3v) is 5.45. The number of aliphatic hydroxyl groups excluding tert-OH is 1. The van der Waals surface area contributed by atoms with Crippen molar-refractivity contribution < 1.29 is 18.3 Å².